The second-order valence-electron chi connectivity index (χ2n) is 5.95. The first-order valence-electron chi connectivity index (χ1n) is 8.07. The molecule has 4 rings (SSSR count). The van der Waals surface area contributed by atoms with Crippen LogP contribution in [0.1, 0.15) is 27.2 Å². The van der Waals surface area contributed by atoms with Gasteiger partial charge in [0.25, 0.3) is 5.91 Å². The Labute approximate surface area is 157 Å². The van der Waals surface area contributed by atoms with Crippen LogP contribution < -0.4 is 5.43 Å². The summed E-state index contributed by atoms with van der Waals surface area (Å²) in [6.45, 7) is 0. The molecule has 0 saturated carbocycles. The number of aromatic amines is 1. The number of hydrogen-bond acceptors (Lipinski definition) is 3. The van der Waals surface area contributed by atoms with Gasteiger partial charge in [-0.25, -0.2) is 9.82 Å². The number of rotatable bonds is 3. The predicted molar refractivity (Wildman–Crippen MR) is 101 cm³/mol. The van der Waals surface area contributed by atoms with Gasteiger partial charge in [0.15, 0.2) is 0 Å². The van der Waals surface area contributed by atoms with Crippen molar-refractivity contribution in [3.8, 4) is 11.3 Å². The maximum absolute atomic E-state index is 13.7. The van der Waals surface area contributed by atoms with Gasteiger partial charge in [-0.05, 0) is 36.6 Å². The normalized spacial score (nSPS) is 12.7. The van der Waals surface area contributed by atoms with Gasteiger partial charge in [-0.15, -0.1) is 0 Å². The number of carbonyl (C=O) groups excluding carboxylic acids is 1. The van der Waals surface area contributed by atoms with Gasteiger partial charge in [-0.3, -0.25) is 9.89 Å². The number of benzene rings is 2. The lowest BCUT2D eigenvalue weighted by Gasteiger charge is -2.15. The highest BCUT2D eigenvalue weighted by molar-refractivity contribution is 9.10. The molecule has 0 radical (unpaired) electrons. The fourth-order valence-corrected chi connectivity index (χ4v) is 3.46. The zero-order valence-corrected chi connectivity index (χ0v) is 15.2. The molecule has 0 unspecified atom stereocenters. The summed E-state index contributed by atoms with van der Waals surface area (Å²) in [6, 6.07) is 12.5. The molecule has 1 aromatic heterocycles. The number of nitrogens with zero attached hydrogens (tertiary/aromatic N) is 2. The number of halogens is 2. The molecule has 0 bridgehead atoms. The van der Waals surface area contributed by atoms with E-state index in [1.165, 1.54) is 17.8 Å². The van der Waals surface area contributed by atoms with Gasteiger partial charge in [0.2, 0.25) is 0 Å². The number of aromatic nitrogens is 2. The quantitative estimate of drug-likeness (QED) is 0.506. The van der Waals surface area contributed by atoms with Gasteiger partial charge in [0.1, 0.15) is 11.5 Å². The Morgan fingerprint density at radius 3 is 3.00 bits per heavy atom. The van der Waals surface area contributed by atoms with Crippen LogP contribution in [0, 0.1) is 5.82 Å². The number of amides is 1. The van der Waals surface area contributed by atoms with Gasteiger partial charge in [0.05, 0.1) is 11.9 Å². The largest absolute Gasteiger partial charge is 0.289 e. The van der Waals surface area contributed by atoms with Crippen LogP contribution in [0.4, 0.5) is 4.39 Å². The first-order valence-corrected chi connectivity index (χ1v) is 8.87. The molecule has 0 aliphatic heterocycles. The third-order valence-corrected chi connectivity index (χ3v) is 4.83. The van der Waals surface area contributed by atoms with E-state index in [0.29, 0.717) is 5.69 Å². The van der Waals surface area contributed by atoms with Crippen molar-refractivity contribution in [3.63, 3.8) is 0 Å². The van der Waals surface area contributed by atoms with Gasteiger partial charge in [0, 0.05) is 21.2 Å². The predicted octanol–water partition coefficient (Wildman–Crippen LogP) is 3.84. The van der Waals surface area contributed by atoms with Gasteiger partial charge < -0.3 is 0 Å². The van der Waals surface area contributed by atoms with E-state index in [0.717, 1.165) is 34.1 Å². The van der Waals surface area contributed by atoms with E-state index in [2.05, 4.69) is 42.7 Å². The van der Waals surface area contributed by atoms with Crippen molar-refractivity contribution in [2.45, 2.75) is 12.8 Å². The summed E-state index contributed by atoms with van der Waals surface area (Å²) in [7, 11) is 0. The lowest BCUT2D eigenvalue weighted by Crippen LogP contribution is -2.20. The molecule has 1 heterocycles. The number of aryl methyl sites for hydroxylation is 1. The molecular weight excluding hydrogens is 399 g/mol. The average molecular weight is 413 g/mol. The van der Waals surface area contributed by atoms with Gasteiger partial charge in [-0.2, -0.15) is 10.2 Å². The lowest BCUT2D eigenvalue weighted by molar-refractivity contribution is 0.0949. The van der Waals surface area contributed by atoms with Crippen LogP contribution >= 0.6 is 15.9 Å². The topological polar surface area (TPSA) is 70.1 Å². The first kappa shape index (κ1) is 16.7. The van der Waals surface area contributed by atoms with Gasteiger partial charge in [-0.1, -0.05) is 40.2 Å². The van der Waals surface area contributed by atoms with E-state index in [1.54, 1.807) is 12.1 Å². The fourth-order valence-electron chi connectivity index (χ4n) is 3.08. The Morgan fingerprint density at radius 2 is 2.12 bits per heavy atom. The van der Waals surface area contributed by atoms with Crippen molar-refractivity contribution in [2.24, 2.45) is 5.10 Å². The number of carbonyl (C=O) groups is 1. The highest BCUT2D eigenvalue weighted by atomic mass is 79.9. The highest BCUT2D eigenvalue weighted by Crippen LogP contribution is 2.33. The molecule has 1 aliphatic rings. The molecule has 26 heavy (non-hydrogen) atoms. The minimum absolute atomic E-state index is 0.278. The molecule has 0 atom stereocenters. The van der Waals surface area contributed by atoms with E-state index in [9.17, 15) is 9.18 Å². The molecule has 130 valence electrons. The Kier molecular flexibility index (Phi) is 4.38. The Balaban J connectivity index is 1.55. The molecule has 2 N–H and O–H groups in total. The number of fused-ring (bicyclic) bond motifs is 3. The Hall–Kier alpha value is -2.80. The van der Waals surface area contributed by atoms with Gasteiger partial charge >= 0.3 is 0 Å². The molecule has 7 heteroatoms. The molecule has 1 aliphatic carbocycles. The van der Waals surface area contributed by atoms with Crippen LogP contribution in [0.15, 0.2) is 52.0 Å². The summed E-state index contributed by atoms with van der Waals surface area (Å²) in [5.74, 6) is -0.813. The SMILES string of the molecule is O=C(N/N=C\c1cc(Br)ccc1F)c1[nH]nc2c1CCc1ccccc1-2. The van der Waals surface area contributed by atoms with Crippen LogP contribution in [0.3, 0.4) is 0 Å². The van der Waals surface area contributed by atoms with Crippen molar-refractivity contribution in [1.29, 1.82) is 0 Å². The molecule has 0 spiro atoms. The zero-order valence-electron chi connectivity index (χ0n) is 13.6. The summed E-state index contributed by atoms with van der Waals surface area (Å²) in [4.78, 5) is 12.4. The second-order valence-corrected chi connectivity index (χ2v) is 6.86. The summed E-state index contributed by atoms with van der Waals surface area (Å²) in [5, 5.41) is 11.0. The molecule has 2 aromatic carbocycles. The molecule has 1 amide bonds. The zero-order chi connectivity index (χ0) is 18.1. The van der Waals surface area contributed by atoms with Crippen LogP contribution in [0.25, 0.3) is 11.3 Å². The molecular formula is C19H14BrFN4O. The Morgan fingerprint density at radius 1 is 1.27 bits per heavy atom. The summed E-state index contributed by atoms with van der Waals surface area (Å²) >= 11 is 3.27. The van der Waals surface area contributed by atoms with E-state index >= 15 is 0 Å². The third kappa shape index (κ3) is 3.06. The maximum Gasteiger partial charge on any atom is 0.289 e. The molecule has 0 saturated heterocycles. The molecule has 3 aromatic rings. The van der Waals surface area contributed by atoms with Crippen LogP contribution in [-0.2, 0) is 12.8 Å². The number of nitrogens with one attached hydrogen (secondary N) is 2. The Bertz CT molecular complexity index is 1030. The van der Waals surface area contributed by atoms with Crippen LogP contribution in [0.2, 0.25) is 0 Å². The van der Waals surface area contributed by atoms with E-state index in [1.807, 2.05) is 18.2 Å². The van der Waals surface area contributed by atoms with Crippen molar-refractivity contribution in [3.05, 3.63) is 75.1 Å². The van der Waals surface area contributed by atoms with Crippen molar-refractivity contribution in [1.82, 2.24) is 15.6 Å². The minimum atomic E-state index is -0.415. The summed E-state index contributed by atoms with van der Waals surface area (Å²) < 4.78 is 14.4. The number of H-pyrrole nitrogens is 1. The van der Waals surface area contributed by atoms with E-state index in [-0.39, 0.29) is 5.56 Å². The third-order valence-electron chi connectivity index (χ3n) is 4.34. The summed E-state index contributed by atoms with van der Waals surface area (Å²) in [6.07, 6.45) is 2.86. The minimum Gasteiger partial charge on any atom is -0.272 e. The standard InChI is InChI=1S/C19H14BrFN4O/c20-13-6-8-16(21)12(9-13)10-22-25-19(26)18-15-7-5-11-3-1-2-4-14(11)17(15)23-24-18/h1-4,6,8-10H,5,7H2,(H,23,24)(H,25,26)/b22-10-. The van der Waals surface area contributed by atoms with Crippen molar-refractivity contribution in [2.75, 3.05) is 0 Å². The molecule has 5 nitrogen and oxygen atoms in total. The molecule has 0 fully saturated rings. The first-order chi connectivity index (χ1) is 12.6. The lowest BCUT2D eigenvalue weighted by atomic mass is 9.89. The number of hydrazone groups is 1. The van der Waals surface area contributed by atoms with E-state index in [4.69, 9.17) is 0 Å². The average Bonchev–Trinajstić information content (AvgIpc) is 3.09. The number of hydrogen-bond donors (Lipinski definition) is 2. The van der Waals surface area contributed by atoms with Crippen molar-refractivity contribution >= 4 is 28.1 Å². The van der Waals surface area contributed by atoms with Crippen LogP contribution in [-0.4, -0.2) is 22.3 Å². The highest BCUT2D eigenvalue weighted by Gasteiger charge is 2.24. The smallest absolute Gasteiger partial charge is 0.272 e. The summed E-state index contributed by atoms with van der Waals surface area (Å²) in [5.41, 5.74) is 7.05. The second kappa shape index (κ2) is 6.84. The maximum atomic E-state index is 13.7. The van der Waals surface area contributed by atoms with Crippen LogP contribution in [0.5, 0.6) is 0 Å². The monoisotopic (exact) mass is 412 g/mol. The van der Waals surface area contributed by atoms with Crippen molar-refractivity contribution < 1.29 is 9.18 Å². The van der Waals surface area contributed by atoms with E-state index < -0.39 is 11.7 Å². The fraction of sp³-hybridized carbons (Fsp3) is 0.105.